The van der Waals surface area contributed by atoms with E-state index in [2.05, 4.69) is 5.32 Å². The van der Waals surface area contributed by atoms with Crippen molar-refractivity contribution in [2.45, 2.75) is 64.5 Å². The van der Waals surface area contributed by atoms with Gasteiger partial charge in [-0.1, -0.05) is 19.3 Å². The van der Waals surface area contributed by atoms with Gasteiger partial charge in [0.2, 0.25) is 0 Å². The van der Waals surface area contributed by atoms with Crippen molar-refractivity contribution in [3.05, 3.63) is 0 Å². The third-order valence-electron chi connectivity index (χ3n) is 3.85. The lowest BCUT2D eigenvalue weighted by Crippen LogP contribution is -2.60. The fourth-order valence-corrected chi connectivity index (χ4v) is 2.75. The Balaban J connectivity index is 2.83. The molecule has 1 aliphatic rings. The first-order chi connectivity index (χ1) is 8.96. The second-order valence-corrected chi connectivity index (χ2v) is 5.44. The zero-order valence-electron chi connectivity index (χ0n) is 12.5. The van der Waals surface area contributed by atoms with Gasteiger partial charge >= 0.3 is 12.0 Å². The smallest absolute Gasteiger partial charge is 0.331 e. The van der Waals surface area contributed by atoms with Gasteiger partial charge in [-0.25, -0.2) is 9.59 Å². The molecule has 5 nitrogen and oxygen atoms in total. The number of nitrogens with zero attached hydrogens (tertiary/aromatic N) is 1. The lowest BCUT2D eigenvalue weighted by molar-refractivity contribution is -0.149. The van der Waals surface area contributed by atoms with E-state index in [4.69, 9.17) is 4.74 Å². The molecule has 1 fully saturated rings. The van der Waals surface area contributed by atoms with Gasteiger partial charge in [-0.3, -0.25) is 0 Å². The summed E-state index contributed by atoms with van der Waals surface area (Å²) < 4.78 is 4.90. The fraction of sp³-hybridized carbons (Fsp3) is 0.857. The highest BCUT2D eigenvalue weighted by molar-refractivity contribution is 5.87. The summed E-state index contributed by atoms with van der Waals surface area (Å²) in [4.78, 5) is 26.1. The Bertz CT molecular complexity index is 323. The minimum atomic E-state index is -0.827. The Morgan fingerprint density at radius 3 is 2.26 bits per heavy atom. The molecule has 0 aromatic heterocycles. The quantitative estimate of drug-likeness (QED) is 0.797. The lowest BCUT2D eigenvalue weighted by atomic mass is 9.81. The van der Waals surface area contributed by atoms with Crippen molar-refractivity contribution in [2.24, 2.45) is 0 Å². The Hall–Kier alpha value is -1.26. The second kappa shape index (κ2) is 6.78. The zero-order valence-corrected chi connectivity index (χ0v) is 12.5. The first-order valence-electron chi connectivity index (χ1n) is 7.14. The predicted octanol–water partition coefficient (Wildman–Crippen LogP) is 2.30. The van der Waals surface area contributed by atoms with Crippen molar-refractivity contribution in [2.75, 3.05) is 13.7 Å². The van der Waals surface area contributed by atoms with Gasteiger partial charge in [-0.2, -0.15) is 0 Å². The first kappa shape index (κ1) is 15.8. The van der Waals surface area contributed by atoms with E-state index in [-0.39, 0.29) is 18.0 Å². The highest BCUT2D eigenvalue weighted by atomic mass is 16.5. The Morgan fingerprint density at radius 2 is 1.84 bits per heavy atom. The number of amides is 2. The predicted molar refractivity (Wildman–Crippen MR) is 73.9 cm³/mol. The number of carbonyl (C=O) groups excluding carboxylic acids is 2. The van der Waals surface area contributed by atoms with Crippen LogP contribution in [0.2, 0.25) is 0 Å². The van der Waals surface area contributed by atoms with Gasteiger partial charge in [0.15, 0.2) is 0 Å². The molecule has 0 atom stereocenters. The van der Waals surface area contributed by atoms with E-state index < -0.39 is 5.54 Å². The molecule has 110 valence electrons. The van der Waals surface area contributed by atoms with E-state index in [1.165, 1.54) is 7.11 Å². The van der Waals surface area contributed by atoms with E-state index in [0.717, 1.165) is 19.3 Å². The number of hydrogen-bond acceptors (Lipinski definition) is 3. The molecular formula is C14H26N2O3. The molecule has 0 unspecified atom stereocenters. The van der Waals surface area contributed by atoms with Gasteiger partial charge in [0.1, 0.15) is 5.54 Å². The van der Waals surface area contributed by atoms with Crippen molar-refractivity contribution in [3.63, 3.8) is 0 Å². The molecule has 1 N–H and O–H groups in total. The van der Waals surface area contributed by atoms with E-state index in [0.29, 0.717) is 19.4 Å². The number of nitrogens with one attached hydrogen (secondary N) is 1. The van der Waals surface area contributed by atoms with E-state index in [1.807, 2.05) is 20.8 Å². The van der Waals surface area contributed by atoms with Crippen LogP contribution in [0.25, 0.3) is 0 Å². The molecule has 0 aliphatic heterocycles. The van der Waals surface area contributed by atoms with Gasteiger partial charge in [0.25, 0.3) is 0 Å². The van der Waals surface area contributed by atoms with Crippen molar-refractivity contribution in [1.82, 2.24) is 10.2 Å². The maximum atomic E-state index is 12.3. The van der Waals surface area contributed by atoms with Gasteiger partial charge in [-0.05, 0) is 33.6 Å². The number of esters is 1. The summed E-state index contributed by atoms with van der Waals surface area (Å²) in [6.45, 7) is 6.50. The van der Waals surface area contributed by atoms with Gasteiger partial charge in [0.05, 0.1) is 7.11 Å². The molecule has 0 bridgehead atoms. The minimum Gasteiger partial charge on any atom is -0.467 e. The number of carbonyl (C=O) groups is 2. The molecule has 0 heterocycles. The number of hydrogen-bond donors (Lipinski definition) is 1. The van der Waals surface area contributed by atoms with Crippen LogP contribution in [-0.4, -0.2) is 42.1 Å². The monoisotopic (exact) mass is 270 g/mol. The molecule has 0 aromatic carbocycles. The molecule has 19 heavy (non-hydrogen) atoms. The van der Waals surface area contributed by atoms with Crippen LogP contribution in [0, 0.1) is 0 Å². The van der Waals surface area contributed by atoms with Crippen molar-refractivity contribution in [1.29, 1.82) is 0 Å². The van der Waals surface area contributed by atoms with Crippen molar-refractivity contribution >= 4 is 12.0 Å². The van der Waals surface area contributed by atoms with Gasteiger partial charge in [-0.15, -0.1) is 0 Å². The summed E-state index contributed by atoms with van der Waals surface area (Å²) in [5.74, 6) is -0.319. The molecule has 1 saturated carbocycles. The number of rotatable bonds is 4. The van der Waals surface area contributed by atoms with Crippen LogP contribution in [0.15, 0.2) is 0 Å². The van der Waals surface area contributed by atoms with E-state index >= 15 is 0 Å². The summed E-state index contributed by atoms with van der Waals surface area (Å²) >= 11 is 0. The molecule has 1 rings (SSSR count). The molecule has 0 saturated heterocycles. The number of ether oxygens (including phenoxy) is 1. The summed E-state index contributed by atoms with van der Waals surface area (Å²) in [6.07, 6.45) is 4.34. The summed E-state index contributed by atoms with van der Waals surface area (Å²) in [5.41, 5.74) is -0.827. The summed E-state index contributed by atoms with van der Waals surface area (Å²) in [5, 5.41) is 2.93. The van der Waals surface area contributed by atoms with Gasteiger partial charge in [0, 0.05) is 12.6 Å². The van der Waals surface area contributed by atoms with Crippen LogP contribution >= 0.6 is 0 Å². The lowest BCUT2D eigenvalue weighted by Gasteiger charge is -2.37. The standard InChI is InChI=1S/C14H26N2O3/c1-5-16(11(2)3)13(18)15-14(12(17)19-4)9-7-6-8-10-14/h11H,5-10H2,1-4H3,(H,15,18). The largest absolute Gasteiger partial charge is 0.467 e. The second-order valence-electron chi connectivity index (χ2n) is 5.44. The third-order valence-corrected chi connectivity index (χ3v) is 3.85. The summed E-state index contributed by atoms with van der Waals surface area (Å²) in [7, 11) is 1.38. The molecule has 5 heteroatoms. The summed E-state index contributed by atoms with van der Waals surface area (Å²) in [6, 6.07) is -0.0620. The fourth-order valence-electron chi connectivity index (χ4n) is 2.75. The third kappa shape index (κ3) is 3.61. The Labute approximate surface area is 115 Å². The Morgan fingerprint density at radius 1 is 1.26 bits per heavy atom. The zero-order chi connectivity index (χ0) is 14.5. The SMILES string of the molecule is CCN(C(=O)NC1(C(=O)OC)CCCCC1)C(C)C. The molecule has 0 spiro atoms. The normalized spacial score (nSPS) is 17.9. The van der Waals surface area contributed by atoms with Crippen LogP contribution in [0.5, 0.6) is 0 Å². The highest BCUT2D eigenvalue weighted by Gasteiger charge is 2.42. The van der Waals surface area contributed by atoms with E-state index in [1.54, 1.807) is 4.90 Å². The van der Waals surface area contributed by atoms with Crippen LogP contribution in [0.3, 0.4) is 0 Å². The van der Waals surface area contributed by atoms with Crippen molar-refractivity contribution in [3.8, 4) is 0 Å². The average molecular weight is 270 g/mol. The van der Waals surface area contributed by atoms with Crippen LogP contribution in [0.1, 0.15) is 52.9 Å². The Kier molecular flexibility index (Phi) is 5.63. The minimum absolute atomic E-state index is 0.114. The average Bonchev–Trinajstić information content (AvgIpc) is 2.39. The molecule has 0 aromatic rings. The van der Waals surface area contributed by atoms with Crippen LogP contribution in [0.4, 0.5) is 4.79 Å². The van der Waals surface area contributed by atoms with Crippen LogP contribution in [-0.2, 0) is 9.53 Å². The number of methoxy groups -OCH3 is 1. The first-order valence-corrected chi connectivity index (χ1v) is 7.14. The maximum Gasteiger partial charge on any atom is 0.331 e. The molecular weight excluding hydrogens is 244 g/mol. The topological polar surface area (TPSA) is 58.6 Å². The molecule has 2 amide bonds. The molecule has 0 radical (unpaired) electrons. The number of urea groups is 1. The van der Waals surface area contributed by atoms with Crippen molar-refractivity contribution < 1.29 is 14.3 Å². The van der Waals surface area contributed by atoms with E-state index in [9.17, 15) is 9.59 Å². The maximum absolute atomic E-state index is 12.3. The van der Waals surface area contributed by atoms with Crippen LogP contribution < -0.4 is 5.32 Å². The van der Waals surface area contributed by atoms with Gasteiger partial charge < -0.3 is 15.0 Å². The molecule has 1 aliphatic carbocycles. The highest BCUT2D eigenvalue weighted by Crippen LogP contribution is 2.29.